The second-order valence-corrected chi connectivity index (χ2v) is 4.87. The van der Waals surface area contributed by atoms with Crippen LogP contribution in [0.3, 0.4) is 0 Å². The Bertz CT molecular complexity index is 344. The first-order valence-corrected chi connectivity index (χ1v) is 6.14. The summed E-state index contributed by atoms with van der Waals surface area (Å²) in [4.78, 5) is 4.31. The van der Waals surface area contributed by atoms with Gasteiger partial charge in [0.1, 0.15) is 0 Å². The molecule has 1 atom stereocenters. The molecular weight excluding hydrogens is 228 g/mol. The van der Waals surface area contributed by atoms with E-state index < -0.39 is 0 Å². The number of aromatic nitrogens is 2. The monoisotopic (exact) mass is 244 g/mol. The summed E-state index contributed by atoms with van der Waals surface area (Å²) >= 11 is 6.04. The predicted octanol–water partition coefficient (Wildman–Crippen LogP) is 2.87. The van der Waals surface area contributed by atoms with Gasteiger partial charge in [0.05, 0.1) is 17.4 Å². The van der Waals surface area contributed by atoms with Gasteiger partial charge in [0.25, 0.3) is 0 Å². The quantitative estimate of drug-likeness (QED) is 0.748. The van der Waals surface area contributed by atoms with Crippen molar-refractivity contribution in [2.45, 2.75) is 50.0 Å². The van der Waals surface area contributed by atoms with Crippen molar-refractivity contribution in [2.24, 2.45) is 0 Å². The van der Waals surface area contributed by atoms with Crippen LogP contribution < -0.4 is 0 Å². The summed E-state index contributed by atoms with van der Waals surface area (Å²) in [6, 6.07) is 0. The molecule has 90 valence electrons. The number of rotatable bonds is 5. The largest absolute Gasteiger partial charge is 0.378 e. The molecule has 1 heterocycles. The number of hydrogen-bond donors (Lipinski definition) is 0. The van der Waals surface area contributed by atoms with Crippen LogP contribution in [0.1, 0.15) is 49.7 Å². The smallest absolute Gasteiger partial charge is 0.229 e. The molecule has 1 aromatic rings. The van der Waals surface area contributed by atoms with Gasteiger partial charge in [0, 0.05) is 7.11 Å². The van der Waals surface area contributed by atoms with Crippen LogP contribution in [0.4, 0.5) is 0 Å². The molecule has 4 nitrogen and oxygen atoms in total. The maximum atomic E-state index is 6.04. The number of alkyl halides is 1. The van der Waals surface area contributed by atoms with Crippen LogP contribution in [0.25, 0.3) is 0 Å². The van der Waals surface area contributed by atoms with Gasteiger partial charge in [-0.1, -0.05) is 12.1 Å². The van der Waals surface area contributed by atoms with Crippen LogP contribution in [0, 0.1) is 0 Å². The second-order valence-electron chi connectivity index (χ2n) is 4.34. The zero-order chi connectivity index (χ0) is 11.6. The van der Waals surface area contributed by atoms with Gasteiger partial charge >= 0.3 is 0 Å². The summed E-state index contributed by atoms with van der Waals surface area (Å²) < 4.78 is 10.7. The van der Waals surface area contributed by atoms with Gasteiger partial charge in [-0.3, -0.25) is 0 Å². The standard InChI is InChI=1S/C11H17ClN2O2/c1-3-8(12)10-13-9(16-14-10)7-11(15-2)5-4-6-11/h8H,3-7H2,1-2H3. The van der Waals surface area contributed by atoms with E-state index >= 15 is 0 Å². The molecule has 2 rings (SSSR count). The lowest BCUT2D eigenvalue weighted by atomic mass is 9.77. The summed E-state index contributed by atoms with van der Waals surface area (Å²) in [5.41, 5.74) is -0.0716. The minimum absolute atomic E-state index is 0.0716. The van der Waals surface area contributed by atoms with Crippen molar-refractivity contribution in [3.05, 3.63) is 11.7 Å². The van der Waals surface area contributed by atoms with Crippen molar-refractivity contribution in [3.63, 3.8) is 0 Å². The van der Waals surface area contributed by atoms with Gasteiger partial charge in [-0.15, -0.1) is 11.6 Å². The molecular formula is C11H17ClN2O2. The van der Waals surface area contributed by atoms with Gasteiger partial charge in [-0.25, -0.2) is 0 Å². The first-order valence-electron chi connectivity index (χ1n) is 5.71. The van der Waals surface area contributed by atoms with Crippen molar-refractivity contribution in [2.75, 3.05) is 7.11 Å². The van der Waals surface area contributed by atoms with E-state index in [4.69, 9.17) is 20.9 Å². The fraction of sp³-hybridized carbons (Fsp3) is 0.818. The van der Waals surface area contributed by atoms with E-state index in [2.05, 4.69) is 10.1 Å². The molecule has 0 saturated heterocycles. The molecule has 1 fully saturated rings. The molecule has 1 aromatic heterocycles. The van der Waals surface area contributed by atoms with Crippen molar-refractivity contribution in [1.29, 1.82) is 0 Å². The van der Waals surface area contributed by atoms with E-state index in [1.807, 2.05) is 6.92 Å². The highest BCUT2D eigenvalue weighted by Gasteiger charge is 2.39. The molecule has 5 heteroatoms. The molecule has 1 aliphatic rings. The molecule has 1 aliphatic carbocycles. The molecule has 0 aliphatic heterocycles. The third-order valence-corrected chi connectivity index (χ3v) is 3.80. The third-order valence-electron chi connectivity index (χ3n) is 3.29. The SMILES string of the molecule is CCC(Cl)c1noc(CC2(OC)CCC2)n1. The molecule has 16 heavy (non-hydrogen) atoms. The molecule has 0 radical (unpaired) electrons. The highest BCUT2D eigenvalue weighted by molar-refractivity contribution is 6.20. The van der Waals surface area contributed by atoms with E-state index in [0.29, 0.717) is 18.1 Å². The summed E-state index contributed by atoms with van der Waals surface area (Å²) in [6.45, 7) is 2.00. The maximum absolute atomic E-state index is 6.04. The van der Waals surface area contributed by atoms with E-state index in [-0.39, 0.29) is 11.0 Å². The summed E-state index contributed by atoms with van der Waals surface area (Å²) in [6.07, 6.45) is 4.85. The van der Waals surface area contributed by atoms with Gasteiger partial charge in [-0.05, 0) is 25.7 Å². The van der Waals surface area contributed by atoms with E-state index in [0.717, 1.165) is 19.3 Å². The Morgan fingerprint density at radius 3 is 2.81 bits per heavy atom. The summed E-state index contributed by atoms with van der Waals surface area (Å²) in [5.74, 6) is 1.22. The van der Waals surface area contributed by atoms with E-state index in [1.165, 1.54) is 6.42 Å². The normalized spacial score (nSPS) is 20.4. The Morgan fingerprint density at radius 1 is 1.56 bits per heavy atom. The van der Waals surface area contributed by atoms with Gasteiger partial charge in [0.15, 0.2) is 5.82 Å². The lowest BCUT2D eigenvalue weighted by Gasteiger charge is -2.39. The Hall–Kier alpha value is -0.610. The van der Waals surface area contributed by atoms with Crippen LogP contribution in [0.15, 0.2) is 4.52 Å². The average Bonchev–Trinajstić information content (AvgIpc) is 2.70. The highest BCUT2D eigenvalue weighted by Crippen LogP contribution is 2.37. The Kier molecular flexibility index (Phi) is 3.50. The Labute approximate surface area is 100 Å². The maximum Gasteiger partial charge on any atom is 0.229 e. The number of hydrogen-bond acceptors (Lipinski definition) is 4. The van der Waals surface area contributed by atoms with Crippen molar-refractivity contribution < 1.29 is 9.26 Å². The first kappa shape index (κ1) is 11.9. The van der Waals surface area contributed by atoms with E-state index in [1.54, 1.807) is 7.11 Å². The van der Waals surface area contributed by atoms with Crippen molar-refractivity contribution >= 4 is 11.6 Å². The molecule has 1 unspecified atom stereocenters. The number of nitrogens with zero attached hydrogens (tertiary/aromatic N) is 2. The fourth-order valence-electron chi connectivity index (χ4n) is 1.95. The van der Waals surface area contributed by atoms with Gasteiger partial charge in [0.2, 0.25) is 5.89 Å². The number of methoxy groups -OCH3 is 1. The summed E-state index contributed by atoms with van der Waals surface area (Å²) in [5, 5.41) is 3.73. The van der Waals surface area contributed by atoms with Crippen LogP contribution in [-0.4, -0.2) is 22.9 Å². The minimum atomic E-state index is -0.155. The second kappa shape index (κ2) is 4.72. The predicted molar refractivity (Wildman–Crippen MR) is 60.5 cm³/mol. The lowest BCUT2D eigenvalue weighted by Crippen LogP contribution is -2.41. The molecule has 0 spiro atoms. The zero-order valence-electron chi connectivity index (χ0n) is 9.70. The molecule has 0 N–H and O–H groups in total. The van der Waals surface area contributed by atoms with Crippen LogP contribution in [-0.2, 0) is 11.2 Å². The Morgan fingerprint density at radius 2 is 2.31 bits per heavy atom. The molecule has 0 amide bonds. The van der Waals surface area contributed by atoms with Crippen LogP contribution in [0.2, 0.25) is 0 Å². The van der Waals surface area contributed by atoms with Crippen LogP contribution in [0.5, 0.6) is 0 Å². The third kappa shape index (κ3) is 2.23. The fourth-order valence-corrected chi connectivity index (χ4v) is 2.04. The minimum Gasteiger partial charge on any atom is -0.378 e. The van der Waals surface area contributed by atoms with Gasteiger partial charge in [-0.2, -0.15) is 4.98 Å². The van der Waals surface area contributed by atoms with E-state index in [9.17, 15) is 0 Å². The summed E-state index contributed by atoms with van der Waals surface area (Å²) in [7, 11) is 1.74. The van der Waals surface area contributed by atoms with Gasteiger partial charge < -0.3 is 9.26 Å². The first-order chi connectivity index (χ1) is 7.69. The molecule has 1 saturated carbocycles. The van der Waals surface area contributed by atoms with Crippen molar-refractivity contribution in [1.82, 2.24) is 10.1 Å². The molecule has 0 bridgehead atoms. The molecule has 0 aromatic carbocycles. The zero-order valence-corrected chi connectivity index (χ0v) is 10.5. The average molecular weight is 245 g/mol. The number of ether oxygens (including phenoxy) is 1. The topological polar surface area (TPSA) is 48.2 Å². The number of halogens is 1. The lowest BCUT2D eigenvalue weighted by molar-refractivity contribution is -0.0751. The van der Waals surface area contributed by atoms with Crippen molar-refractivity contribution in [3.8, 4) is 0 Å². The highest BCUT2D eigenvalue weighted by atomic mass is 35.5. The van der Waals surface area contributed by atoms with Crippen LogP contribution >= 0.6 is 11.6 Å². The Balaban J connectivity index is 2.02.